The molecule has 1 saturated heterocycles. The van der Waals surface area contributed by atoms with Crippen LogP contribution in [-0.4, -0.2) is 50.3 Å². The summed E-state index contributed by atoms with van der Waals surface area (Å²) in [4.78, 5) is 7.03. The quantitative estimate of drug-likeness (QED) is 0.648. The number of nitrogens with zero attached hydrogens (tertiary/aromatic N) is 2. The maximum absolute atomic E-state index is 5.91. The summed E-state index contributed by atoms with van der Waals surface area (Å²) in [6, 6.07) is 7.67. The van der Waals surface area contributed by atoms with E-state index in [0.717, 1.165) is 37.1 Å². The molecule has 1 atom stereocenters. The lowest BCUT2D eigenvalue weighted by Gasteiger charge is -2.21. The molecule has 5 heteroatoms. The van der Waals surface area contributed by atoms with Crippen molar-refractivity contribution >= 4 is 5.96 Å². The molecule has 0 aromatic heterocycles. The first-order chi connectivity index (χ1) is 10.7. The van der Waals surface area contributed by atoms with Gasteiger partial charge in [-0.05, 0) is 38.8 Å². The molecule has 1 unspecified atom stereocenters. The predicted molar refractivity (Wildman–Crippen MR) is 89.9 cm³/mol. The number of guanidine groups is 1. The first-order valence-electron chi connectivity index (χ1n) is 8.07. The normalized spacial score (nSPS) is 16.5. The minimum atomic E-state index is 0.0170. The third kappa shape index (κ3) is 4.83. The molecule has 1 N–H and O–H groups in total. The molecule has 0 amide bonds. The van der Waals surface area contributed by atoms with Crippen molar-refractivity contribution in [1.82, 2.24) is 10.2 Å². The third-order valence-corrected chi connectivity index (χ3v) is 3.62. The number of likely N-dealkylation sites (tertiary alicyclic amines) is 1. The van der Waals surface area contributed by atoms with E-state index >= 15 is 0 Å². The number of benzene rings is 1. The highest BCUT2D eigenvalue weighted by Gasteiger charge is 2.16. The monoisotopic (exact) mass is 305 g/mol. The average molecular weight is 305 g/mol. The SMILES string of the molecule is CCNC(=NCC(C)Oc1cccc(OC)c1)N1CCCC1. The van der Waals surface area contributed by atoms with Crippen LogP contribution in [0.5, 0.6) is 11.5 Å². The molecule has 122 valence electrons. The molecule has 0 radical (unpaired) electrons. The van der Waals surface area contributed by atoms with Gasteiger partial charge in [0.25, 0.3) is 0 Å². The number of hydrogen-bond donors (Lipinski definition) is 1. The third-order valence-electron chi connectivity index (χ3n) is 3.62. The van der Waals surface area contributed by atoms with Crippen LogP contribution < -0.4 is 14.8 Å². The van der Waals surface area contributed by atoms with E-state index in [1.807, 2.05) is 31.2 Å². The van der Waals surface area contributed by atoms with Gasteiger partial charge in [-0.2, -0.15) is 0 Å². The van der Waals surface area contributed by atoms with Gasteiger partial charge < -0.3 is 19.7 Å². The van der Waals surface area contributed by atoms with Gasteiger partial charge in [-0.1, -0.05) is 6.07 Å². The molecule has 1 aromatic carbocycles. The maximum atomic E-state index is 5.91. The second kappa shape index (κ2) is 8.51. The van der Waals surface area contributed by atoms with E-state index in [1.54, 1.807) is 7.11 Å². The number of hydrogen-bond acceptors (Lipinski definition) is 3. The first kappa shape index (κ1) is 16.5. The van der Waals surface area contributed by atoms with E-state index in [1.165, 1.54) is 12.8 Å². The van der Waals surface area contributed by atoms with Crippen LogP contribution in [-0.2, 0) is 0 Å². The van der Waals surface area contributed by atoms with Crippen molar-refractivity contribution in [2.45, 2.75) is 32.8 Å². The van der Waals surface area contributed by atoms with Crippen molar-refractivity contribution in [3.05, 3.63) is 24.3 Å². The van der Waals surface area contributed by atoms with Gasteiger partial charge in [0.15, 0.2) is 5.96 Å². The van der Waals surface area contributed by atoms with Crippen LogP contribution in [0.2, 0.25) is 0 Å². The van der Waals surface area contributed by atoms with Gasteiger partial charge in [-0.25, -0.2) is 4.99 Å². The van der Waals surface area contributed by atoms with Crippen LogP contribution in [0.1, 0.15) is 26.7 Å². The highest BCUT2D eigenvalue weighted by atomic mass is 16.5. The molecule has 1 aliphatic heterocycles. The molecule has 22 heavy (non-hydrogen) atoms. The predicted octanol–water partition coefficient (Wildman–Crippen LogP) is 2.52. The highest BCUT2D eigenvalue weighted by Crippen LogP contribution is 2.20. The van der Waals surface area contributed by atoms with E-state index in [4.69, 9.17) is 14.5 Å². The second-order valence-electron chi connectivity index (χ2n) is 5.50. The lowest BCUT2D eigenvalue weighted by molar-refractivity contribution is 0.228. The van der Waals surface area contributed by atoms with Gasteiger partial charge >= 0.3 is 0 Å². The Morgan fingerprint density at radius 2 is 2.05 bits per heavy atom. The Bertz CT molecular complexity index is 485. The summed E-state index contributed by atoms with van der Waals surface area (Å²) in [7, 11) is 1.66. The van der Waals surface area contributed by atoms with Crippen LogP contribution in [0.3, 0.4) is 0 Å². The van der Waals surface area contributed by atoms with Gasteiger partial charge in [0.2, 0.25) is 0 Å². The van der Waals surface area contributed by atoms with Gasteiger partial charge in [0.05, 0.1) is 13.7 Å². The molecule has 0 saturated carbocycles. The molecule has 0 bridgehead atoms. The lowest BCUT2D eigenvalue weighted by Crippen LogP contribution is -2.40. The topological polar surface area (TPSA) is 46.1 Å². The van der Waals surface area contributed by atoms with Crippen LogP contribution in [0.4, 0.5) is 0 Å². The standard InChI is InChI=1S/C17H27N3O2/c1-4-18-17(20-10-5-6-11-20)19-13-14(2)22-16-9-7-8-15(12-16)21-3/h7-9,12,14H,4-6,10-11,13H2,1-3H3,(H,18,19). The minimum absolute atomic E-state index is 0.0170. The highest BCUT2D eigenvalue weighted by molar-refractivity contribution is 5.80. The van der Waals surface area contributed by atoms with E-state index in [-0.39, 0.29) is 6.10 Å². The van der Waals surface area contributed by atoms with Crippen LogP contribution in [0.25, 0.3) is 0 Å². The minimum Gasteiger partial charge on any atom is -0.497 e. The molecule has 0 spiro atoms. The van der Waals surface area contributed by atoms with Gasteiger partial charge in [-0.15, -0.1) is 0 Å². The zero-order chi connectivity index (χ0) is 15.8. The molecule has 0 aliphatic carbocycles. The molecule has 1 heterocycles. The summed E-state index contributed by atoms with van der Waals surface area (Å²) in [5.74, 6) is 2.62. The Labute approximate surface area is 133 Å². The Morgan fingerprint density at radius 3 is 2.73 bits per heavy atom. The van der Waals surface area contributed by atoms with E-state index in [2.05, 4.69) is 17.1 Å². The van der Waals surface area contributed by atoms with E-state index < -0.39 is 0 Å². The summed E-state index contributed by atoms with van der Waals surface area (Å²) in [5, 5.41) is 3.36. The van der Waals surface area contributed by atoms with Crippen molar-refractivity contribution in [2.75, 3.05) is 33.3 Å². The number of rotatable bonds is 6. The van der Waals surface area contributed by atoms with Gasteiger partial charge in [0, 0.05) is 25.7 Å². The second-order valence-corrected chi connectivity index (χ2v) is 5.50. The van der Waals surface area contributed by atoms with Crippen molar-refractivity contribution in [3.63, 3.8) is 0 Å². The van der Waals surface area contributed by atoms with Crippen molar-refractivity contribution in [3.8, 4) is 11.5 Å². The summed E-state index contributed by atoms with van der Waals surface area (Å²) in [5.41, 5.74) is 0. The van der Waals surface area contributed by atoms with Crippen LogP contribution >= 0.6 is 0 Å². The number of methoxy groups -OCH3 is 1. The molecule has 5 nitrogen and oxygen atoms in total. The maximum Gasteiger partial charge on any atom is 0.194 e. The number of ether oxygens (including phenoxy) is 2. The fourth-order valence-electron chi connectivity index (χ4n) is 2.51. The Morgan fingerprint density at radius 1 is 1.32 bits per heavy atom. The van der Waals surface area contributed by atoms with Crippen molar-refractivity contribution in [2.24, 2.45) is 4.99 Å². The van der Waals surface area contributed by atoms with Gasteiger partial charge in [0.1, 0.15) is 17.6 Å². The lowest BCUT2D eigenvalue weighted by atomic mass is 10.3. The van der Waals surface area contributed by atoms with Crippen molar-refractivity contribution in [1.29, 1.82) is 0 Å². The fourth-order valence-corrected chi connectivity index (χ4v) is 2.51. The number of aliphatic imine (C=N–C) groups is 1. The summed E-state index contributed by atoms with van der Waals surface area (Å²) in [6.45, 7) is 7.85. The molecule has 1 fully saturated rings. The zero-order valence-electron chi connectivity index (χ0n) is 13.8. The summed E-state index contributed by atoms with van der Waals surface area (Å²) < 4.78 is 11.1. The van der Waals surface area contributed by atoms with Gasteiger partial charge in [-0.3, -0.25) is 0 Å². The average Bonchev–Trinajstić information content (AvgIpc) is 3.06. The molecule has 1 aliphatic rings. The Kier molecular flexibility index (Phi) is 6.37. The van der Waals surface area contributed by atoms with Crippen LogP contribution in [0, 0.1) is 0 Å². The molecular formula is C17H27N3O2. The fraction of sp³-hybridized carbons (Fsp3) is 0.588. The summed E-state index contributed by atoms with van der Waals surface area (Å²) >= 11 is 0. The first-order valence-corrected chi connectivity index (χ1v) is 8.07. The van der Waals surface area contributed by atoms with E-state index in [0.29, 0.717) is 6.54 Å². The van der Waals surface area contributed by atoms with Crippen LogP contribution in [0.15, 0.2) is 29.3 Å². The molecular weight excluding hydrogens is 278 g/mol. The molecule has 2 rings (SSSR count). The largest absolute Gasteiger partial charge is 0.497 e. The number of nitrogens with one attached hydrogen (secondary N) is 1. The van der Waals surface area contributed by atoms with Crippen molar-refractivity contribution < 1.29 is 9.47 Å². The van der Waals surface area contributed by atoms with E-state index in [9.17, 15) is 0 Å². The Hall–Kier alpha value is -1.91. The molecule has 1 aromatic rings. The summed E-state index contributed by atoms with van der Waals surface area (Å²) in [6.07, 6.45) is 2.52. The smallest absolute Gasteiger partial charge is 0.194 e. The zero-order valence-corrected chi connectivity index (χ0v) is 13.8. The Balaban J connectivity index is 1.91.